The maximum Gasteiger partial charge on any atom is 0.408 e. The summed E-state index contributed by atoms with van der Waals surface area (Å²) in [6, 6.07) is 21.7. The van der Waals surface area contributed by atoms with Gasteiger partial charge in [0.25, 0.3) is 0 Å². The van der Waals surface area contributed by atoms with Gasteiger partial charge in [-0.15, -0.1) is 0 Å². The molecule has 7 nitrogen and oxygen atoms in total. The second-order valence-electron chi connectivity index (χ2n) is 8.48. The molecular weight excluding hydrogens is 442 g/mol. The second-order valence-corrected chi connectivity index (χ2v) is 8.48. The lowest BCUT2D eigenvalue weighted by molar-refractivity contribution is -0.124. The lowest BCUT2D eigenvalue weighted by atomic mass is 9.97. The number of rotatable bonds is 11. The molecule has 3 aromatic rings. The van der Waals surface area contributed by atoms with Crippen LogP contribution in [0.2, 0.25) is 0 Å². The van der Waals surface area contributed by atoms with Gasteiger partial charge in [-0.1, -0.05) is 68.8 Å². The van der Waals surface area contributed by atoms with Crippen LogP contribution in [0.1, 0.15) is 50.1 Å². The van der Waals surface area contributed by atoms with E-state index in [0.29, 0.717) is 12.4 Å². The van der Waals surface area contributed by atoms with Crippen molar-refractivity contribution in [2.75, 3.05) is 0 Å². The lowest BCUT2D eigenvalue weighted by Crippen LogP contribution is -2.50. The highest BCUT2D eigenvalue weighted by molar-refractivity contribution is 5.86. The largest absolute Gasteiger partial charge is 0.487 e. The van der Waals surface area contributed by atoms with Crippen molar-refractivity contribution < 1.29 is 19.1 Å². The summed E-state index contributed by atoms with van der Waals surface area (Å²) in [4.78, 5) is 29.8. The number of amides is 2. The number of nitrogens with one attached hydrogen (secondary N) is 2. The van der Waals surface area contributed by atoms with Crippen LogP contribution in [0.3, 0.4) is 0 Å². The van der Waals surface area contributed by atoms with Gasteiger partial charge in [0.2, 0.25) is 5.91 Å². The molecule has 0 saturated carbocycles. The molecule has 3 atom stereocenters. The first-order chi connectivity index (χ1) is 17.0. The summed E-state index contributed by atoms with van der Waals surface area (Å²) in [7, 11) is 0. The Kier molecular flexibility index (Phi) is 9.66. The molecule has 0 aliphatic carbocycles. The summed E-state index contributed by atoms with van der Waals surface area (Å²) in [5, 5.41) is 5.75. The quantitative estimate of drug-likeness (QED) is 0.399. The number of alkyl carbamates (subject to hydrolysis) is 1. The van der Waals surface area contributed by atoms with Crippen molar-refractivity contribution in [3.63, 3.8) is 0 Å². The Morgan fingerprint density at radius 3 is 2.40 bits per heavy atom. The first-order valence-electron chi connectivity index (χ1n) is 11.9. The highest BCUT2D eigenvalue weighted by Crippen LogP contribution is 2.21. The summed E-state index contributed by atoms with van der Waals surface area (Å²) in [5.74, 6) is 0.359. The molecule has 2 amide bonds. The van der Waals surface area contributed by atoms with Gasteiger partial charge in [0.05, 0.1) is 11.7 Å². The Labute approximate surface area is 206 Å². The number of pyridine rings is 1. The van der Waals surface area contributed by atoms with Crippen LogP contribution >= 0.6 is 0 Å². The summed E-state index contributed by atoms with van der Waals surface area (Å²) < 4.78 is 11.2. The van der Waals surface area contributed by atoms with Gasteiger partial charge in [0.1, 0.15) is 25.0 Å². The number of nitrogens with zero attached hydrogens (tertiary/aromatic N) is 1. The third-order valence-electron chi connectivity index (χ3n) is 5.81. The van der Waals surface area contributed by atoms with Gasteiger partial charge < -0.3 is 20.1 Å². The fourth-order valence-electron chi connectivity index (χ4n) is 3.49. The van der Waals surface area contributed by atoms with Crippen molar-refractivity contribution in [3.05, 3.63) is 95.8 Å². The third-order valence-corrected chi connectivity index (χ3v) is 5.81. The van der Waals surface area contributed by atoms with Gasteiger partial charge in [-0.25, -0.2) is 4.79 Å². The average Bonchev–Trinajstić information content (AvgIpc) is 2.90. The molecule has 0 saturated heterocycles. The van der Waals surface area contributed by atoms with Gasteiger partial charge in [0.15, 0.2) is 0 Å². The van der Waals surface area contributed by atoms with Crippen LogP contribution < -0.4 is 15.4 Å². The summed E-state index contributed by atoms with van der Waals surface area (Å²) in [6.07, 6.45) is 1.83. The van der Waals surface area contributed by atoms with Crippen LogP contribution in [0, 0.1) is 5.92 Å². The van der Waals surface area contributed by atoms with E-state index in [1.807, 2.05) is 93.6 Å². The Hall–Kier alpha value is -3.87. The summed E-state index contributed by atoms with van der Waals surface area (Å²) >= 11 is 0. The minimum Gasteiger partial charge on any atom is -0.487 e. The predicted octanol–water partition coefficient (Wildman–Crippen LogP) is 5.18. The minimum absolute atomic E-state index is 0.0699. The molecule has 1 unspecified atom stereocenters. The van der Waals surface area contributed by atoms with Gasteiger partial charge in [-0.2, -0.15) is 0 Å². The molecule has 0 aliphatic rings. The summed E-state index contributed by atoms with van der Waals surface area (Å²) in [5.41, 5.74) is 2.61. The molecule has 0 bridgehead atoms. The number of hydrogen-bond donors (Lipinski definition) is 2. The van der Waals surface area contributed by atoms with Crippen LogP contribution in [0.5, 0.6) is 5.75 Å². The van der Waals surface area contributed by atoms with Crippen LogP contribution in [0.4, 0.5) is 4.79 Å². The molecule has 2 aromatic carbocycles. The Balaban J connectivity index is 1.57. The average molecular weight is 476 g/mol. The number of carbonyl (C=O) groups excluding carboxylic acids is 2. The van der Waals surface area contributed by atoms with Crippen molar-refractivity contribution in [1.29, 1.82) is 0 Å². The lowest BCUT2D eigenvalue weighted by Gasteiger charge is -2.25. The second kappa shape index (κ2) is 13.1. The molecule has 0 aliphatic heterocycles. The van der Waals surface area contributed by atoms with Crippen molar-refractivity contribution in [3.8, 4) is 5.75 Å². The molecule has 3 rings (SSSR count). The van der Waals surface area contributed by atoms with E-state index >= 15 is 0 Å². The van der Waals surface area contributed by atoms with E-state index in [1.54, 1.807) is 6.20 Å². The van der Waals surface area contributed by atoms with E-state index in [0.717, 1.165) is 23.2 Å². The van der Waals surface area contributed by atoms with Crippen LogP contribution in [-0.2, 0) is 22.7 Å². The predicted molar refractivity (Wildman–Crippen MR) is 135 cm³/mol. The van der Waals surface area contributed by atoms with Crippen LogP contribution in [-0.4, -0.2) is 23.0 Å². The maximum absolute atomic E-state index is 13.1. The van der Waals surface area contributed by atoms with E-state index in [9.17, 15) is 9.59 Å². The number of benzene rings is 2. The molecule has 35 heavy (non-hydrogen) atoms. The fraction of sp³-hybridized carbons (Fsp3) is 0.321. The van der Waals surface area contributed by atoms with Gasteiger partial charge in [-0.3, -0.25) is 9.78 Å². The van der Waals surface area contributed by atoms with Crippen LogP contribution in [0.15, 0.2) is 79.0 Å². The minimum atomic E-state index is -0.714. The smallest absolute Gasteiger partial charge is 0.408 e. The van der Waals surface area contributed by atoms with Crippen molar-refractivity contribution in [1.82, 2.24) is 15.6 Å². The first-order valence-corrected chi connectivity index (χ1v) is 11.9. The Morgan fingerprint density at radius 1 is 0.914 bits per heavy atom. The molecule has 7 heteroatoms. The monoisotopic (exact) mass is 475 g/mol. The number of ether oxygens (including phenoxy) is 2. The van der Waals surface area contributed by atoms with E-state index in [2.05, 4.69) is 15.6 Å². The molecule has 1 aromatic heterocycles. The van der Waals surface area contributed by atoms with Gasteiger partial charge in [-0.05, 0) is 48.2 Å². The van der Waals surface area contributed by atoms with Crippen molar-refractivity contribution in [2.24, 2.45) is 5.92 Å². The Bertz CT molecular complexity index is 1080. The highest BCUT2D eigenvalue weighted by Gasteiger charge is 2.27. The van der Waals surface area contributed by atoms with Gasteiger partial charge in [0, 0.05) is 6.20 Å². The SMILES string of the molecule is CC[C@H](C)[C@H](NC(=O)OCc1ccccc1)C(=O)NC(C)c1cccc(OCc2ccccn2)c1. The van der Waals surface area contributed by atoms with E-state index in [-0.39, 0.29) is 24.5 Å². The Morgan fingerprint density at radius 2 is 1.69 bits per heavy atom. The fourth-order valence-corrected chi connectivity index (χ4v) is 3.49. The molecule has 0 spiro atoms. The van der Waals surface area contributed by atoms with Crippen LogP contribution in [0.25, 0.3) is 0 Å². The van der Waals surface area contributed by atoms with E-state index in [4.69, 9.17) is 9.47 Å². The molecule has 184 valence electrons. The summed E-state index contributed by atoms with van der Waals surface area (Å²) in [6.45, 7) is 6.31. The zero-order chi connectivity index (χ0) is 25.0. The first kappa shape index (κ1) is 25.7. The molecule has 1 heterocycles. The maximum atomic E-state index is 13.1. The molecular formula is C28H33N3O4. The zero-order valence-electron chi connectivity index (χ0n) is 20.4. The standard InChI is InChI=1S/C28H33N3O4/c1-4-20(2)26(31-28(33)35-18-22-11-6-5-7-12-22)27(32)30-21(3)23-13-10-15-25(17-23)34-19-24-14-8-9-16-29-24/h5-17,20-21,26H,4,18-19H2,1-3H3,(H,30,32)(H,31,33)/t20-,21?,26-/m0/s1. The normalized spacial score (nSPS) is 13.2. The number of aromatic nitrogens is 1. The molecule has 2 N–H and O–H groups in total. The van der Waals surface area contributed by atoms with Crippen molar-refractivity contribution in [2.45, 2.75) is 52.5 Å². The van der Waals surface area contributed by atoms with Crippen molar-refractivity contribution >= 4 is 12.0 Å². The highest BCUT2D eigenvalue weighted by atomic mass is 16.5. The molecule has 0 fully saturated rings. The van der Waals surface area contributed by atoms with Gasteiger partial charge >= 0.3 is 6.09 Å². The number of carbonyl (C=O) groups is 2. The van der Waals surface area contributed by atoms with E-state index in [1.165, 1.54) is 0 Å². The van der Waals surface area contributed by atoms with E-state index < -0.39 is 12.1 Å². The number of hydrogen-bond acceptors (Lipinski definition) is 5. The zero-order valence-corrected chi connectivity index (χ0v) is 20.4. The third kappa shape index (κ3) is 8.14. The topological polar surface area (TPSA) is 89.5 Å². The molecule has 0 radical (unpaired) electrons.